The first-order chi connectivity index (χ1) is 11.5. The van der Waals surface area contributed by atoms with Crippen molar-refractivity contribution in [3.63, 3.8) is 0 Å². The fraction of sp³-hybridized carbons (Fsp3) is 0.471. The summed E-state index contributed by atoms with van der Waals surface area (Å²) in [5.74, 6) is -1.65. The largest absolute Gasteiger partial charge is 0.484 e. The molecule has 0 spiro atoms. The molecule has 0 heterocycles. The Bertz CT molecular complexity index is 586. The van der Waals surface area contributed by atoms with Crippen molar-refractivity contribution in [2.24, 2.45) is 5.92 Å². The Labute approximate surface area is 140 Å². The van der Waals surface area contributed by atoms with E-state index >= 15 is 0 Å². The van der Waals surface area contributed by atoms with E-state index in [1.807, 2.05) is 6.07 Å². The standard InChI is InChI=1S/C17H22N2O5/c1-12(17(22)23)10-19(13-7-8-13)16(21)9-18-15(20)11-24-14-5-3-2-4-6-14/h2-6,12-13H,7-11H2,1H3,(H,18,20)(H,22,23). The zero-order valence-electron chi connectivity index (χ0n) is 13.6. The molecule has 7 nitrogen and oxygen atoms in total. The molecular formula is C17H22N2O5. The van der Waals surface area contributed by atoms with E-state index < -0.39 is 17.8 Å². The molecule has 1 fully saturated rings. The average Bonchev–Trinajstić information content (AvgIpc) is 3.41. The smallest absolute Gasteiger partial charge is 0.308 e. The minimum Gasteiger partial charge on any atom is -0.484 e. The molecule has 1 unspecified atom stereocenters. The maximum atomic E-state index is 12.2. The summed E-state index contributed by atoms with van der Waals surface area (Å²) in [6.07, 6.45) is 1.76. The van der Waals surface area contributed by atoms with E-state index in [-0.39, 0.29) is 31.6 Å². The fourth-order valence-electron chi connectivity index (χ4n) is 2.21. The van der Waals surface area contributed by atoms with Gasteiger partial charge in [-0.25, -0.2) is 0 Å². The highest BCUT2D eigenvalue weighted by Gasteiger charge is 2.34. The number of aliphatic carboxylic acids is 1. The predicted octanol–water partition coefficient (Wildman–Crippen LogP) is 0.893. The van der Waals surface area contributed by atoms with Gasteiger partial charge in [0.2, 0.25) is 5.91 Å². The van der Waals surface area contributed by atoms with Crippen LogP contribution in [0, 0.1) is 5.92 Å². The van der Waals surface area contributed by atoms with Crippen LogP contribution in [0.15, 0.2) is 30.3 Å². The van der Waals surface area contributed by atoms with Crippen LogP contribution in [0.25, 0.3) is 0 Å². The molecule has 7 heteroatoms. The van der Waals surface area contributed by atoms with Gasteiger partial charge in [0.25, 0.3) is 5.91 Å². The summed E-state index contributed by atoms with van der Waals surface area (Å²) in [6.45, 7) is 1.40. The van der Waals surface area contributed by atoms with Gasteiger partial charge in [-0.1, -0.05) is 25.1 Å². The number of hydrogen-bond donors (Lipinski definition) is 2. The molecule has 0 aliphatic heterocycles. The van der Waals surface area contributed by atoms with Gasteiger partial charge in [0.15, 0.2) is 6.61 Å². The molecule has 130 valence electrons. The Morgan fingerprint density at radius 3 is 2.54 bits per heavy atom. The van der Waals surface area contributed by atoms with Crippen LogP contribution in [-0.2, 0) is 14.4 Å². The van der Waals surface area contributed by atoms with E-state index in [1.165, 1.54) is 0 Å². The third-order valence-corrected chi connectivity index (χ3v) is 3.75. The van der Waals surface area contributed by atoms with Crippen molar-refractivity contribution in [2.45, 2.75) is 25.8 Å². The summed E-state index contributed by atoms with van der Waals surface area (Å²) in [6, 6.07) is 9.01. The Morgan fingerprint density at radius 1 is 1.29 bits per heavy atom. The normalized spacial score (nSPS) is 14.5. The van der Waals surface area contributed by atoms with Gasteiger partial charge in [0, 0.05) is 12.6 Å². The zero-order chi connectivity index (χ0) is 17.5. The van der Waals surface area contributed by atoms with E-state index in [0.717, 1.165) is 12.8 Å². The lowest BCUT2D eigenvalue weighted by molar-refractivity contribution is -0.143. The minimum atomic E-state index is -0.936. The van der Waals surface area contributed by atoms with Crippen molar-refractivity contribution < 1.29 is 24.2 Å². The summed E-state index contributed by atoms with van der Waals surface area (Å²) in [5, 5.41) is 11.5. The summed E-state index contributed by atoms with van der Waals surface area (Å²) in [5.41, 5.74) is 0. The van der Waals surface area contributed by atoms with Crippen molar-refractivity contribution in [1.82, 2.24) is 10.2 Å². The van der Waals surface area contributed by atoms with Crippen LogP contribution < -0.4 is 10.1 Å². The topological polar surface area (TPSA) is 95.9 Å². The van der Waals surface area contributed by atoms with Gasteiger partial charge in [-0.2, -0.15) is 0 Å². The number of benzene rings is 1. The number of carboxylic acids is 1. The molecule has 24 heavy (non-hydrogen) atoms. The van der Waals surface area contributed by atoms with Gasteiger partial charge in [0.1, 0.15) is 5.75 Å². The molecule has 0 saturated heterocycles. The number of nitrogens with one attached hydrogen (secondary N) is 1. The minimum absolute atomic E-state index is 0.0942. The Morgan fingerprint density at radius 2 is 1.96 bits per heavy atom. The van der Waals surface area contributed by atoms with E-state index in [1.54, 1.807) is 36.1 Å². The summed E-state index contributed by atoms with van der Waals surface area (Å²) in [7, 11) is 0. The second-order valence-electron chi connectivity index (χ2n) is 5.90. The SMILES string of the molecule is CC(CN(C(=O)CNC(=O)COc1ccccc1)C1CC1)C(=O)O. The molecule has 1 saturated carbocycles. The zero-order valence-corrected chi connectivity index (χ0v) is 13.6. The van der Waals surface area contributed by atoms with Crippen molar-refractivity contribution in [3.05, 3.63) is 30.3 Å². The van der Waals surface area contributed by atoms with Crippen LogP contribution in [0.1, 0.15) is 19.8 Å². The number of carbonyl (C=O) groups is 3. The molecule has 1 aromatic rings. The molecule has 1 aliphatic carbocycles. The number of ether oxygens (including phenoxy) is 1. The molecule has 0 bridgehead atoms. The van der Waals surface area contributed by atoms with Crippen molar-refractivity contribution in [3.8, 4) is 5.75 Å². The van der Waals surface area contributed by atoms with E-state index in [4.69, 9.17) is 9.84 Å². The second-order valence-corrected chi connectivity index (χ2v) is 5.90. The van der Waals surface area contributed by atoms with Crippen LogP contribution in [0.2, 0.25) is 0 Å². The van der Waals surface area contributed by atoms with Gasteiger partial charge in [-0.3, -0.25) is 14.4 Å². The van der Waals surface area contributed by atoms with Gasteiger partial charge in [0.05, 0.1) is 12.5 Å². The van der Waals surface area contributed by atoms with Crippen LogP contribution in [0.4, 0.5) is 0 Å². The molecule has 0 aromatic heterocycles. The van der Waals surface area contributed by atoms with Gasteiger partial charge < -0.3 is 20.1 Å². The Kier molecular flexibility index (Phi) is 6.17. The maximum absolute atomic E-state index is 12.2. The molecule has 1 aliphatic rings. The van der Waals surface area contributed by atoms with Gasteiger partial charge >= 0.3 is 5.97 Å². The number of hydrogen-bond acceptors (Lipinski definition) is 4. The summed E-state index contributed by atoms with van der Waals surface area (Å²) < 4.78 is 5.30. The number of rotatable bonds is 9. The highest BCUT2D eigenvalue weighted by molar-refractivity contribution is 5.86. The first kappa shape index (κ1) is 17.8. The maximum Gasteiger partial charge on any atom is 0.308 e. The van der Waals surface area contributed by atoms with Gasteiger partial charge in [-0.05, 0) is 25.0 Å². The van der Waals surface area contributed by atoms with E-state index in [0.29, 0.717) is 5.75 Å². The lowest BCUT2D eigenvalue weighted by atomic mass is 10.1. The highest BCUT2D eigenvalue weighted by Crippen LogP contribution is 2.27. The summed E-state index contributed by atoms with van der Waals surface area (Å²) >= 11 is 0. The Hall–Kier alpha value is -2.57. The quantitative estimate of drug-likeness (QED) is 0.699. The van der Waals surface area contributed by atoms with E-state index in [2.05, 4.69) is 5.32 Å². The number of para-hydroxylation sites is 1. The number of carboxylic acid groups (broad SMARTS) is 1. The van der Waals surface area contributed by atoms with Crippen LogP contribution in [0.5, 0.6) is 5.75 Å². The second kappa shape index (κ2) is 8.33. The first-order valence-corrected chi connectivity index (χ1v) is 7.94. The van der Waals surface area contributed by atoms with Crippen LogP contribution in [-0.4, -0.2) is 53.5 Å². The molecule has 2 amide bonds. The Balaban J connectivity index is 1.75. The highest BCUT2D eigenvalue weighted by atomic mass is 16.5. The van der Waals surface area contributed by atoms with Crippen molar-refractivity contribution in [1.29, 1.82) is 0 Å². The average molecular weight is 334 g/mol. The van der Waals surface area contributed by atoms with Crippen molar-refractivity contribution in [2.75, 3.05) is 19.7 Å². The lowest BCUT2D eigenvalue weighted by Crippen LogP contribution is -2.45. The lowest BCUT2D eigenvalue weighted by Gasteiger charge is -2.24. The van der Waals surface area contributed by atoms with Gasteiger partial charge in [-0.15, -0.1) is 0 Å². The number of amides is 2. The third kappa shape index (κ3) is 5.57. The molecule has 2 N–H and O–H groups in total. The number of nitrogens with zero attached hydrogens (tertiary/aromatic N) is 1. The molecule has 0 radical (unpaired) electrons. The monoisotopic (exact) mass is 334 g/mol. The molecule has 1 atom stereocenters. The van der Waals surface area contributed by atoms with Crippen LogP contribution >= 0.6 is 0 Å². The third-order valence-electron chi connectivity index (χ3n) is 3.75. The fourth-order valence-corrected chi connectivity index (χ4v) is 2.21. The molecule has 2 rings (SSSR count). The number of carbonyl (C=O) groups excluding carboxylic acids is 2. The summed E-state index contributed by atoms with van der Waals surface area (Å²) in [4.78, 5) is 36.5. The molecular weight excluding hydrogens is 312 g/mol. The van der Waals surface area contributed by atoms with Crippen LogP contribution in [0.3, 0.4) is 0 Å². The molecule has 1 aromatic carbocycles. The van der Waals surface area contributed by atoms with Crippen molar-refractivity contribution >= 4 is 17.8 Å². The predicted molar refractivity (Wildman–Crippen MR) is 86.5 cm³/mol. The van der Waals surface area contributed by atoms with E-state index in [9.17, 15) is 14.4 Å². The first-order valence-electron chi connectivity index (χ1n) is 7.94.